The Kier molecular flexibility index (Phi) is 3.68. The summed E-state index contributed by atoms with van der Waals surface area (Å²) < 4.78 is 1.86. The maximum atomic E-state index is 5.72. The van der Waals surface area contributed by atoms with E-state index in [-0.39, 0.29) is 0 Å². The lowest BCUT2D eigenvalue weighted by Gasteiger charge is -2.04. The Hall–Kier alpha value is -1.32. The molecule has 4 nitrogen and oxygen atoms in total. The van der Waals surface area contributed by atoms with Gasteiger partial charge in [-0.3, -0.25) is 9.67 Å². The van der Waals surface area contributed by atoms with Crippen molar-refractivity contribution in [1.82, 2.24) is 9.78 Å². The fourth-order valence-corrected chi connectivity index (χ4v) is 1.13. The Balaban J connectivity index is 2.43. The molecule has 0 aliphatic carbocycles. The van der Waals surface area contributed by atoms with E-state index in [9.17, 15) is 0 Å². The zero-order valence-electron chi connectivity index (χ0n) is 9.07. The zero-order chi connectivity index (χ0) is 10.6. The van der Waals surface area contributed by atoms with Gasteiger partial charge >= 0.3 is 0 Å². The molecule has 78 valence electrons. The van der Waals surface area contributed by atoms with Gasteiger partial charge in [-0.05, 0) is 6.07 Å². The van der Waals surface area contributed by atoms with E-state index < -0.39 is 0 Å². The van der Waals surface area contributed by atoms with Crippen LogP contribution in [0.4, 0.5) is 0 Å². The summed E-state index contributed by atoms with van der Waals surface area (Å²) in [6.45, 7) is 4.83. The van der Waals surface area contributed by atoms with Gasteiger partial charge in [0, 0.05) is 37.8 Å². The summed E-state index contributed by atoms with van der Waals surface area (Å²) in [5.41, 5.74) is 6.91. The molecule has 0 saturated carbocycles. The van der Waals surface area contributed by atoms with Crippen molar-refractivity contribution in [2.75, 3.05) is 6.54 Å². The maximum Gasteiger partial charge on any atom is 0.0962 e. The smallest absolute Gasteiger partial charge is 0.0962 e. The van der Waals surface area contributed by atoms with Crippen LogP contribution < -0.4 is 5.73 Å². The average molecular weight is 194 g/mol. The largest absolute Gasteiger partial charge is 0.387 e. The van der Waals surface area contributed by atoms with E-state index in [2.05, 4.69) is 10.1 Å². The van der Waals surface area contributed by atoms with Crippen LogP contribution in [0.2, 0.25) is 0 Å². The standard InChI is InChI=1S/C10H18N4/c1-8(2)10(11)12-6-4-9-5-7-13-14(9)3/h5,7-8H,4,6H2,1-3H3,(H2,11,12). The number of amidine groups is 1. The Morgan fingerprint density at radius 2 is 2.36 bits per heavy atom. The number of rotatable bonds is 4. The minimum atomic E-state index is 0.335. The highest BCUT2D eigenvalue weighted by atomic mass is 15.3. The summed E-state index contributed by atoms with van der Waals surface area (Å²) in [6.07, 6.45) is 2.69. The molecule has 0 aliphatic heterocycles. The van der Waals surface area contributed by atoms with Gasteiger partial charge in [0.05, 0.1) is 5.84 Å². The van der Waals surface area contributed by atoms with E-state index >= 15 is 0 Å². The molecule has 14 heavy (non-hydrogen) atoms. The number of hydrogen-bond acceptors (Lipinski definition) is 2. The van der Waals surface area contributed by atoms with Crippen LogP contribution in [0.1, 0.15) is 19.5 Å². The Morgan fingerprint density at radius 3 is 2.86 bits per heavy atom. The third-order valence-corrected chi connectivity index (χ3v) is 2.18. The molecule has 0 saturated heterocycles. The lowest BCUT2D eigenvalue weighted by atomic mass is 10.2. The third kappa shape index (κ3) is 2.87. The SMILES string of the molecule is CC(C)C(N)=NCCc1ccnn1C. The van der Waals surface area contributed by atoms with Gasteiger partial charge in [0.25, 0.3) is 0 Å². The van der Waals surface area contributed by atoms with E-state index in [0.29, 0.717) is 5.92 Å². The van der Waals surface area contributed by atoms with Crippen molar-refractivity contribution in [3.63, 3.8) is 0 Å². The van der Waals surface area contributed by atoms with Crippen LogP contribution in [0, 0.1) is 5.92 Å². The lowest BCUT2D eigenvalue weighted by molar-refractivity contribution is 0.705. The average Bonchev–Trinajstić information content (AvgIpc) is 2.51. The quantitative estimate of drug-likeness (QED) is 0.573. The van der Waals surface area contributed by atoms with Crippen molar-refractivity contribution in [3.8, 4) is 0 Å². The Bertz CT molecular complexity index is 312. The second kappa shape index (κ2) is 4.79. The van der Waals surface area contributed by atoms with Crippen molar-refractivity contribution in [3.05, 3.63) is 18.0 Å². The summed E-state index contributed by atoms with van der Waals surface area (Å²) in [7, 11) is 1.94. The molecule has 1 heterocycles. The molecule has 0 amide bonds. The van der Waals surface area contributed by atoms with Gasteiger partial charge in [0.15, 0.2) is 0 Å². The van der Waals surface area contributed by atoms with Crippen molar-refractivity contribution in [2.45, 2.75) is 20.3 Å². The number of nitrogens with zero attached hydrogens (tertiary/aromatic N) is 3. The number of nitrogens with two attached hydrogens (primary N) is 1. The van der Waals surface area contributed by atoms with Crippen LogP contribution in [-0.2, 0) is 13.5 Å². The van der Waals surface area contributed by atoms with Gasteiger partial charge in [-0.15, -0.1) is 0 Å². The van der Waals surface area contributed by atoms with E-state index in [0.717, 1.165) is 18.8 Å². The lowest BCUT2D eigenvalue weighted by Crippen LogP contribution is -2.19. The molecule has 0 atom stereocenters. The highest BCUT2D eigenvalue weighted by Gasteiger charge is 1.99. The van der Waals surface area contributed by atoms with Crippen LogP contribution >= 0.6 is 0 Å². The molecule has 1 rings (SSSR count). The van der Waals surface area contributed by atoms with E-state index in [1.807, 2.05) is 31.6 Å². The molecule has 0 aliphatic rings. The van der Waals surface area contributed by atoms with E-state index in [1.54, 1.807) is 6.20 Å². The fourth-order valence-electron chi connectivity index (χ4n) is 1.13. The van der Waals surface area contributed by atoms with Gasteiger partial charge in [0.1, 0.15) is 0 Å². The van der Waals surface area contributed by atoms with E-state index in [1.165, 1.54) is 5.69 Å². The van der Waals surface area contributed by atoms with Crippen LogP contribution in [0.15, 0.2) is 17.3 Å². The molecule has 2 N–H and O–H groups in total. The summed E-state index contributed by atoms with van der Waals surface area (Å²) >= 11 is 0. The first-order valence-corrected chi connectivity index (χ1v) is 4.88. The summed E-state index contributed by atoms with van der Waals surface area (Å²) in [4.78, 5) is 4.29. The maximum absolute atomic E-state index is 5.72. The van der Waals surface area contributed by atoms with Gasteiger partial charge in [0.2, 0.25) is 0 Å². The first kappa shape index (κ1) is 10.8. The highest BCUT2D eigenvalue weighted by molar-refractivity contribution is 5.82. The van der Waals surface area contributed by atoms with E-state index in [4.69, 9.17) is 5.73 Å². The molecule has 1 aromatic heterocycles. The van der Waals surface area contributed by atoms with Gasteiger partial charge < -0.3 is 5.73 Å². The Labute approximate surface area is 84.8 Å². The predicted molar refractivity (Wildman–Crippen MR) is 58.2 cm³/mol. The summed E-state index contributed by atoms with van der Waals surface area (Å²) in [5.74, 6) is 1.06. The third-order valence-electron chi connectivity index (χ3n) is 2.18. The monoisotopic (exact) mass is 194 g/mol. The molecular formula is C10H18N4. The Morgan fingerprint density at radius 1 is 1.64 bits per heavy atom. The van der Waals surface area contributed by atoms with Crippen molar-refractivity contribution in [2.24, 2.45) is 23.7 Å². The molecule has 1 aromatic rings. The second-order valence-electron chi connectivity index (χ2n) is 3.66. The van der Waals surface area contributed by atoms with Crippen molar-refractivity contribution < 1.29 is 0 Å². The summed E-state index contributed by atoms with van der Waals surface area (Å²) in [5, 5.41) is 4.09. The minimum Gasteiger partial charge on any atom is -0.387 e. The number of aliphatic imine (C=N–C) groups is 1. The van der Waals surface area contributed by atoms with Gasteiger partial charge in [-0.25, -0.2) is 0 Å². The van der Waals surface area contributed by atoms with Gasteiger partial charge in [-0.2, -0.15) is 5.10 Å². The summed E-state index contributed by atoms with van der Waals surface area (Å²) in [6, 6.07) is 2.00. The van der Waals surface area contributed by atoms with Gasteiger partial charge in [-0.1, -0.05) is 13.8 Å². The molecule has 0 bridgehead atoms. The second-order valence-corrected chi connectivity index (χ2v) is 3.66. The van der Waals surface area contributed by atoms with Crippen LogP contribution in [0.3, 0.4) is 0 Å². The highest BCUT2D eigenvalue weighted by Crippen LogP contribution is 1.98. The topological polar surface area (TPSA) is 56.2 Å². The minimum absolute atomic E-state index is 0.335. The normalized spacial score (nSPS) is 12.4. The molecule has 0 aromatic carbocycles. The zero-order valence-corrected chi connectivity index (χ0v) is 9.07. The number of hydrogen-bond donors (Lipinski definition) is 1. The molecule has 4 heteroatoms. The first-order valence-electron chi connectivity index (χ1n) is 4.88. The number of aryl methyl sites for hydroxylation is 1. The fraction of sp³-hybridized carbons (Fsp3) is 0.600. The molecule has 0 radical (unpaired) electrons. The molecule has 0 fully saturated rings. The molecule has 0 spiro atoms. The van der Waals surface area contributed by atoms with Crippen molar-refractivity contribution >= 4 is 5.84 Å². The molecule has 0 unspecified atom stereocenters. The van der Waals surface area contributed by atoms with Crippen LogP contribution in [0.25, 0.3) is 0 Å². The van der Waals surface area contributed by atoms with Crippen molar-refractivity contribution in [1.29, 1.82) is 0 Å². The first-order chi connectivity index (χ1) is 6.61. The number of aromatic nitrogens is 2. The van der Waals surface area contributed by atoms with Crippen LogP contribution in [-0.4, -0.2) is 22.2 Å². The predicted octanol–water partition coefficient (Wildman–Crippen LogP) is 0.976. The van der Waals surface area contributed by atoms with Crippen LogP contribution in [0.5, 0.6) is 0 Å². The molecular weight excluding hydrogens is 176 g/mol.